The third-order valence-electron chi connectivity index (χ3n) is 11.5. The Hall–Kier alpha value is -1.92. The largest absolute Gasteiger partial charge is 0.462 e. The summed E-state index contributed by atoms with van der Waals surface area (Å²) < 4.78 is 5.92. The van der Waals surface area contributed by atoms with Crippen molar-refractivity contribution in [2.75, 3.05) is 6.61 Å². The lowest BCUT2D eigenvalue weighted by molar-refractivity contribution is -0.151. The van der Waals surface area contributed by atoms with Crippen molar-refractivity contribution in [2.45, 2.75) is 277 Å². The SMILES string of the molecule is CC/C=C/C=C/C=C\CCCCCCCC(=O)OC(CCCCCCCCCCCCCCCCC)CC(=O)NC(CO)C(O)CCCCCCCCCCCCC. The summed E-state index contributed by atoms with van der Waals surface area (Å²) in [6.45, 7) is 6.35. The molecule has 340 valence electrons. The molecular weight excluding hydrogens is 719 g/mol. The smallest absolute Gasteiger partial charge is 0.306 e. The van der Waals surface area contributed by atoms with Gasteiger partial charge < -0.3 is 20.3 Å². The van der Waals surface area contributed by atoms with Gasteiger partial charge in [-0.1, -0.05) is 237 Å². The first-order valence-electron chi connectivity index (χ1n) is 25.2. The summed E-state index contributed by atoms with van der Waals surface area (Å²) in [5.41, 5.74) is 0. The molecule has 3 atom stereocenters. The second-order valence-electron chi connectivity index (χ2n) is 17.3. The van der Waals surface area contributed by atoms with Crippen LogP contribution in [-0.2, 0) is 14.3 Å². The lowest BCUT2D eigenvalue weighted by Crippen LogP contribution is -2.46. The van der Waals surface area contributed by atoms with Gasteiger partial charge >= 0.3 is 5.97 Å². The molecule has 0 aliphatic heterocycles. The Kier molecular flexibility index (Phi) is 44.6. The van der Waals surface area contributed by atoms with Gasteiger partial charge in [0.15, 0.2) is 0 Å². The van der Waals surface area contributed by atoms with E-state index in [4.69, 9.17) is 4.74 Å². The van der Waals surface area contributed by atoms with Gasteiger partial charge in [-0.3, -0.25) is 9.59 Å². The summed E-state index contributed by atoms with van der Waals surface area (Å²) in [7, 11) is 0. The van der Waals surface area contributed by atoms with Crippen LogP contribution in [0.15, 0.2) is 36.5 Å². The van der Waals surface area contributed by atoms with E-state index in [1.165, 1.54) is 135 Å². The van der Waals surface area contributed by atoms with Crippen LogP contribution >= 0.6 is 0 Å². The topological polar surface area (TPSA) is 95.9 Å². The average Bonchev–Trinajstić information content (AvgIpc) is 3.22. The van der Waals surface area contributed by atoms with E-state index in [-0.39, 0.29) is 24.9 Å². The van der Waals surface area contributed by atoms with E-state index in [9.17, 15) is 19.8 Å². The van der Waals surface area contributed by atoms with Crippen molar-refractivity contribution in [1.29, 1.82) is 0 Å². The predicted molar refractivity (Wildman–Crippen MR) is 250 cm³/mol. The van der Waals surface area contributed by atoms with Crippen LogP contribution in [0.1, 0.15) is 258 Å². The van der Waals surface area contributed by atoms with E-state index in [0.29, 0.717) is 19.3 Å². The van der Waals surface area contributed by atoms with Gasteiger partial charge in [0.05, 0.1) is 25.2 Å². The Morgan fingerprint density at radius 3 is 1.40 bits per heavy atom. The zero-order valence-corrected chi connectivity index (χ0v) is 38.7. The van der Waals surface area contributed by atoms with E-state index in [1.54, 1.807) is 0 Å². The zero-order valence-electron chi connectivity index (χ0n) is 38.7. The van der Waals surface area contributed by atoms with Crippen molar-refractivity contribution in [1.82, 2.24) is 5.32 Å². The Morgan fingerprint density at radius 2 is 0.931 bits per heavy atom. The van der Waals surface area contributed by atoms with E-state index < -0.39 is 18.2 Å². The molecule has 3 N–H and O–H groups in total. The summed E-state index contributed by atoms with van der Waals surface area (Å²) >= 11 is 0. The lowest BCUT2D eigenvalue weighted by atomic mass is 10.0. The van der Waals surface area contributed by atoms with Crippen molar-refractivity contribution >= 4 is 11.9 Å². The molecule has 0 saturated heterocycles. The molecule has 0 aromatic carbocycles. The van der Waals surface area contributed by atoms with Crippen molar-refractivity contribution in [3.63, 3.8) is 0 Å². The lowest BCUT2D eigenvalue weighted by Gasteiger charge is -2.24. The third-order valence-corrected chi connectivity index (χ3v) is 11.5. The maximum atomic E-state index is 13.2. The van der Waals surface area contributed by atoms with Gasteiger partial charge in [0.25, 0.3) is 0 Å². The molecule has 0 aliphatic rings. The van der Waals surface area contributed by atoms with Gasteiger partial charge in [0, 0.05) is 6.42 Å². The molecule has 58 heavy (non-hydrogen) atoms. The fourth-order valence-electron chi connectivity index (χ4n) is 7.73. The van der Waals surface area contributed by atoms with Crippen LogP contribution in [0.3, 0.4) is 0 Å². The molecular formula is C52H97NO5. The van der Waals surface area contributed by atoms with Crippen LogP contribution < -0.4 is 5.32 Å². The number of rotatable bonds is 45. The van der Waals surface area contributed by atoms with Crippen LogP contribution in [0.2, 0.25) is 0 Å². The molecule has 0 heterocycles. The summed E-state index contributed by atoms with van der Waals surface area (Å²) in [6.07, 6.45) is 53.4. The molecule has 0 aromatic heterocycles. The predicted octanol–water partition coefficient (Wildman–Crippen LogP) is 14.9. The van der Waals surface area contributed by atoms with Gasteiger partial charge in [-0.2, -0.15) is 0 Å². The molecule has 6 heteroatoms. The molecule has 0 aliphatic carbocycles. The fraction of sp³-hybridized carbons (Fsp3) is 0.846. The average molecular weight is 816 g/mol. The second kappa shape index (κ2) is 46.2. The molecule has 0 rings (SSSR count). The van der Waals surface area contributed by atoms with E-state index in [0.717, 1.165) is 77.0 Å². The van der Waals surface area contributed by atoms with Crippen LogP contribution in [0.25, 0.3) is 0 Å². The molecule has 0 saturated carbocycles. The van der Waals surface area contributed by atoms with Crippen molar-refractivity contribution in [3.05, 3.63) is 36.5 Å². The number of allylic oxidation sites excluding steroid dienone is 6. The normalized spacial score (nSPS) is 13.5. The minimum absolute atomic E-state index is 0.0730. The summed E-state index contributed by atoms with van der Waals surface area (Å²) in [5, 5.41) is 23.7. The molecule has 1 amide bonds. The zero-order chi connectivity index (χ0) is 42.4. The van der Waals surface area contributed by atoms with Crippen LogP contribution in [0, 0.1) is 0 Å². The molecule has 6 nitrogen and oxygen atoms in total. The Morgan fingerprint density at radius 1 is 0.517 bits per heavy atom. The Bertz CT molecular complexity index is 961. The number of ether oxygens (including phenoxy) is 1. The number of nitrogens with one attached hydrogen (secondary N) is 1. The molecule has 3 unspecified atom stereocenters. The van der Waals surface area contributed by atoms with Crippen molar-refractivity contribution < 1.29 is 24.5 Å². The maximum absolute atomic E-state index is 13.2. The second-order valence-corrected chi connectivity index (χ2v) is 17.3. The van der Waals surface area contributed by atoms with Crippen LogP contribution in [-0.4, -0.2) is 46.9 Å². The highest BCUT2D eigenvalue weighted by molar-refractivity contribution is 5.77. The number of hydrogen-bond acceptors (Lipinski definition) is 5. The number of aliphatic hydroxyl groups excluding tert-OH is 2. The number of esters is 1. The highest BCUT2D eigenvalue weighted by atomic mass is 16.5. The minimum Gasteiger partial charge on any atom is -0.462 e. The number of unbranched alkanes of at least 4 members (excludes halogenated alkanes) is 29. The third kappa shape index (κ3) is 40.8. The molecule has 0 radical (unpaired) electrons. The number of carbonyl (C=O) groups excluding carboxylic acids is 2. The summed E-state index contributed by atoms with van der Waals surface area (Å²) in [5.74, 6) is -0.487. The van der Waals surface area contributed by atoms with Gasteiger partial charge in [-0.25, -0.2) is 0 Å². The molecule has 0 spiro atoms. The quantitative estimate of drug-likeness (QED) is 0.0323. The number of amides is 1. The van der Waals surface area contributed by atoms with Gasteiger partial charge in [0.1, 0.15) is 6.10 Å². The molecule has 0 fully saturated rings. The maximum Gasteiger partial charge on any atom is 0.306 e. The van der Waals surface area contributed by atoms with Crippen LogP contribution in [0.4, 0.5) is 0 Å². The first-order valence-corrected chi connectivity index (χ1v) is 25.2. The number of carbonyl (C=O) groups is 2. The van der Waals surface area contributed by atoms with Gasteiger partial charge in [0.2, 0.25) is 5.91 Å². The summed E-state index contributed by atoms with van der Waals surface area (Å²) in [4.78, 5) is 26.1. The minimum atomic E-state index is -0.787. The first kappa shape index (κ1) is 56.1. The number of hydrogen-bond donors (Lipinski definition) is 3. The van der Waals surface area contributed by atoms with E-state index in [2.05, 4.69) is 62.5 Å². The fourth-order valence-corrected chi connectivity index (χ4v) is 7.73. The molecule has 0 bridgehead atoms. The van der Waals surface area contributed by atoms with E-state index >= 15 is 0 Å². The van der Waals surface area contributed by atoms with E-state index in [1.807, 2.05) is 0 Å². The van der Waals surface area contributed by atoms with Gasteiger partial charge in [-0.15, -0.1) is 0 Å². The highest BCUT2D eigenvalue weighted by Gasteiger charge is 2.24. The van der Waals surface area contributed by atoms with Gasteiger partial charge in [-0.05, 0) is 44.9 Å². The Balaban J connectivity index is 4.59. The Labute approximate surface area is 360 Å². The highest BCUT2D eigenvalue weighted by Crippen LogP contribution is 2.18. The standard InChI is InChI=1S/C52H97NO5/c1-4-7-10-13-16-19-22-24-25-27-29-31-34-37-40-43-48(58-52(57)45-42-39-36-33-30-26-23-20-17-14-11-8-5-2)46-51(56)53-49(47-54)50(55)44-41-38-35-32-28-21-18-15-12-9-6-3/h8,11,14,17,20,23,48-50,54-55H,4-7,9-10,12-13,15-16,18-19,21-22,24-47H2,1-3H3,(H,53,56)/b11-8+,17-14+,23-20-. The molecule has 0 aromatic rings. The van der Waals surface area contributed by atoms with Crippen molar-refractivity contribution in [3.8, 4) is 0 Å². The number of aliphatic hydroxyl groups is 2. The first-order chi connectivity index (χ1) is 28.5. The van der Waals surface area contributed by atoms with Crippen molar-refractivity contribution in [2.24, 2.45) is 0 Å². The monoisotopic (exact) mass is 816 g/mol. The van der Waals surface area contributed by atoms with Crippen LogP contribution in [0.5, 0.6) is 0 Å². The summed E-state index contributed by atoms with van der Waals surface area (Å²) in [6, 6.07) is -0.701.